The Labute approximate surface area is 172 Å². The van der Waals surface area contributed by atoms with Crippen LogP contribution >= 0.6 is 0 Å². The number of carbonyl (C=O) groups is 2. The summed E-state index contributed by atoms with van der Waals surface area (Å²) >= 11 is 0. The van der Waals surface area contributed by atoms with E-state index in [4.69, 9.17) is 4.74 Å². The first-order chi connectivity index (χ1) is 13.8. The summed E-state index contributed by atoms with van der Waals surface area (Å²) in [4.78, 5) is 27.1. The van der Waals surface area contributed by atoms with E-state index in [1.54, 1.807) is 7.11 Å². The highest BCUT2D eigenvalue weighted by Gasteiger charge is 2.59. The summed E-state index contributed by atoms with van der Waals surface area (Å²) in [5.41, 5.74) is 0.00436. The number of amides is 3. The van der Waals surface area contributed by atoms with Gasteiger partial charge in [0, 0.05) is 24.4 Å². The second-order valence-electron chi connectivity index (χ2n) is 8.33. The van der Waals surface area contributed by atoms with Crippen molar-refractivity contribution >= 4 is 11.9 Å². The van der Waals surface area contributed by atoms with Crippen LogP contribution in [-0.4, -0.2) is 60.3 Å². The Bertz CT molecular complexity index is 783. The molecule has 2 heterocycles. The number of methoxy groups -OCH3 is 1. The molecule has 0 spiro atoms. The van der Waals surface area contributed by atoms with Crippen LogP contribution in [0.3, 0.4) is 0 Å². The third kappa shape index (κ3) is 3.73. The Hall–Kier alpha value is -2.12. The van der Waals surface area contributed by atoms with Gasteiger partial charge < -0.3 is 15.2 Å². The van der Waals surface area contributed by atoms with Crippen LogP contribution in [0.15, 0.2) is 18.2 Å². The van der Waals surface area contributed by atoms with Gasteiger partial charge in [-0.25, -0.2) is 4.79 Å². The smallest absolute Gasteiger partial charge is 0.321 e. The van der Waals surface area contributed by atoms with Crippen molar-refractivity contribution in [1.82, 2.24) is 15.5 Å². The SMILES string of the molecule is CCN1CC[C@]2(c3cc(OC)ccc3C)CC(=O)NC(=O)NCCC[C@@]2(O)[C@H]1C. The van der Waals surface area contributed by atoms with E-state index < -0.39 is 17.0 Å². The van der Waals surface area contributed by atoms with E-state index in [9.17, 15) is 14.7 Å². The zero-order chi connectivity index (χ0) is 21.2. The summed E-state index contributed by atoms with van der Waals surface area (Å²) in [5, 5.41) is 17.4. The maximum Gasteiger partial charge on any atom is 0.321 e. The van der Waals surface area contributed by atoms with Crippen LogP contribution in [-0.2, 0) is 10.2 Å². The van der Waals surface area contributed by atoms with Gasteiger partial charge in [0.1, 0.15) is 5.75 Å². The Balaban J connectivity index is 2.21. The molecule has 2 aliphatic heterocycles. The molecule has 7 nitrogen and oxygen atoms in total. The molecule has 2 aliphatic rings. The highest BCUT2D eigenvalue weighted by molar-refractivity contribution is 5.95. The van der Waals surface area contributed by atoms with Crippen molar-refractivity contribution in [1.29, 1.82) is 0 Å². The minimum absolute atomic E-state index is 0.0484. The van der Waals surface area contributed by atoms with E-state index in [-0.39, 0.29) is 18.4 Å². The lowest BCUT2D eigenvalue weighted by atomic mass is 9.56. The van der Waals surface area contributed by atoms with Crippen molar-refractivity contribution < 1.29 is 19.4 Å². The minimum atomic E-state index is -1.13. The van der Waals surface area contributed by atoms with E-state index in [2.05, 4.69) is 29.4 Å². The molecule has 3 atom stereocenters. The second kappa shape index (κ2) is 8.32. The molecule has 160 valence electrons. The molecule has 0 aromatic heterocycles. The number of rotatable bonds is 3. The molecule has 3 N–H and O–H groups in total. The van der Waals surface area contributed by atoms with E-state index >= 15 is 0 Å². The summed E-state index contributed by atoms with van der Waals surface area (Å²) in [6.45, 7) is 8.17. The first kappa shape index (κ1) is 21.6. The van der Waals surface area contributed by atoms with Gasteiger partial charge in [-0.3, -0.25) is 15.0 Å². The van der Waals surface area contributed by atoms with Crippen molar-refractivity contribution in [2.45, 2.75) is 63.5 Å². The number of aliphatic hydroxyl groups is 1. The lowest BCUT2D eigenvalue weighted by Gasteiger charge is -2.58. The molecule has 0 aliphatic carbocycles. The second-order valence-corrected chi connectivity index (χ2v) is 8.33. The van der Waals surface area contributed by atoms with Crippen LogP contribution in [0, 0.1) is 6.92 Å². The molecular weight excluding hydrogens is 370 g/mol. The molecule has 7 heteroatoms. The Morgan fingerprint density at radius 3 is 2.76 bits per heavy atom. The fourth-order valence-electron chi connectivity index (χ4n) is 5.32. The number of fused-ring (bicyclic) bond motifs is 1. The summed E-state index contributed by atoms with van der Waals surface area (Å²) in [6.07, 6.45) is 1.80. The summed E-state index contributed by atoms with van der Waals surface area (Å²) in [5.74, 6) is 0.324. The number of benzene rings is 1. The third-order valence-electron chi connectivity index (χ3n) is 7.00. The van der Waals surface area contributed by atoms with Gasteiger partial charge in [0.25, 0.3) is 0 Å². The van der Waals surface area contributed by atoms with E-state index in [1.807, 2.05) is 25.1 Å². The number of imide groups is 1. The third-order valence-corrected chi connectivity index (χ3v) is 7.00. The first-order valence-electron chi connectivity index (χ1n) is 10.5. The zero-order valence-electron chi connectivity index (χ0n) is 17.9. The minimum Gasteiger partial charge on any atom is -0.497 e. The average Bonchev–Trinajstić information content (AvgIpc) is 2.69. The van der Waals surface area contributed by atoms with Crippen molar-refractivity contribution in [2.75, 3.05) is 26.7 Å². The fourth-order valence-corrected chi connectivity index (χ4v) is 5.32. The van der Waals surface area contributed by atoms with Crippen LogP contribution < -0.4 is 15.4 Å². The maximum atomic E-state index is 12.9. The highest BCUT2D eigenvalue weighted by Crippen LogP contribution is 2.51. The monoisotopic (exact) mass is 403 g/mol. The number of likely N-dealkylation sites (tertiary alicyclic amines) is 1. The fraction of sp³-hybridized carbons (Fsp3) is 0.636. The van der Waals surface area contributed by atoms with Gasteiger partial charge in [-0.1, -0.05) is 13.0 Å². The molecule has 0 radical (unpaired) electrons. The number of piperidine rings is 1. The Kier molecular flexibility index (Phi) is 6.19. The highest BCUT2D eigenvalue weighted by atomic mass is 16.5. The number of carbonyl (C=O) groups excluding carboxylic acids is 2. The summed E-state index contributed by atoms with van der Waals surface area (Å²) < 4.78 is 5.47. The van der Waals surface area contributed by atoms with Crippen LogP contribution in [0.5, 0.6) is 5.75 Å². The summed E-state index contributed by atoms with van der Waals surface area (Å²) in [6, 6.07) is 5.22. The van der Waals surface area contributed by atoms with Gasteiger partial charge >= 0.3 is 6.03 Å². The average molecular weight is 404 g/mol. The van der Waals surface area contributed by atoms with Gasteiger partial charge in [-0.15, -0.1) is 0 Å². The van der Waals surface area contributed by atoms with E-state index in [0.29, 0.717) is 31.6 Å². The molecule has 2 saturated heterocycles. The molecular formula is C22H33N3O4. The van der Waals surface area contributed by atoms with Crippen LogP contribution in [0.25, 0.3) is 0 Å². The predicted octanol–water partition coefficient (Wildman–Crippen LogP) is 2.10. The van der Waals surface area contributed by atoms with Crippen LogP contribution in [0.4, 0.5) is 4.79 Å². The molecule has 0 bridgehead atoms. The van der Waals surface area contributed by atoms with Crippen molar-refractivity contribution in [3.63, 3.8) is 0 Å². The lowest BCUT2D eigenvalue weighted by Crippen LogP contribution is -2.69. The molecule has 3 amide bonds. The molecule has 3 rings (SSSR count). The normalized spacial score (nSPS) is 31.4. The molecule has 1 aromatic rings. The standard InChI is InChI=1S/C22H33N3O4/c1-5-25-12-10-21(18-13-17(29-4)8-7-15(18)2)14-19(26)24-20(27)23-11-6-9-22(21,28)16(25)3/h7-8,13,16,28H,5-6,9-12,14H2,1-4H3,(H2,23,24,26,27)/t16-,21-,22-/m1/s1. The number of nitrogens with zero attached hydrogens (tertiary/aromatic N) is 1. The van der Waals surface area contributed by atoms with Crippen molar-refractivity contribution in [2.24, 2.45) is 0 Å². The first-order valence-corrected chi connectivity index (χ1v) is 10.5. The van der Waals surface area contributed by atoms with Crippen LogP contribution in [0.2, 0.25) is 0 Å². The van der Waals surface area contributed by atoms with E-state index in [0.717, 1.165) is 24.2 Å². The zero-order valence-corrected chi connectivity index (χ0v) is 17.9. The number of hydrogen-bond acceptors (Lipinski definition) is 5. The maximum absolute atomic E-state index is 12.9. The molecule has 29 heavy (non-hydrogen) atoms. The quantitative estimate of drug-likeness (QED) is 0.719. The van der Waals surface area contributed by atoms with Gasteiger partial charge in [0.2, 0.25) is 5.91 Å². The van der Waals surface area contributed by atoms with Crippen LogP contribution in [0.1, 0.15) is 50.7 Å². The Morgan fingerprint density at radius 1 is 1.31 bits per heavy atom. The van der Waals surface area contributed by atoms with Crippen molar-refractivity contribution in [3.05, 3.63) is 29.3 Å². The number of likely N-dealkylation sites (N-methyl/N-ethyl adjacent to an activating group) is 1. The molecule has 1 aromatic carbocycles. The van der Waals surface area contributed by atoms with Gasteiger partial charge in [0.05, 0.1) is 12.7 Å². The largest absolute Gasteiger partial charge is 0.497 e. The van der Waals surface area contributed by atoms with Gasteiger partial charge in [0.15, 0.2) is 0 Å². The molecule has 0 saturated carbocycles. The lowest BCUT2D eigenvalue weighted by molar-refractivity contribution is -0.150. The van der Waals surface area contributed by atoms with E-state index in [1.165, 1.54) is 0 Å². The Morgan fingerprint density at radius 2 is 2.07 bits per heavy atom. The molecule has 0 unspecified atom stereocenters. The number of ether oxygens (including phenoxy) is 1. The number of aryl methyl sites for hydroxylation is 1. The van der Waals surface area contributed by atoms with Gasteiger partial charge in [-0.2, -0.15) is 0 Å². The van der Waals surface area contributed by atoms with Crippen molar-refractivity contribution in [3.8, 4) is 5.75 Å². The number of nitrogens with one attached hydrogen (secondary N) is 2. The number of urea groups is 1. The molecule has 2 fully saturated rings. The topological polar surface area (TPSA) is 90.9 Å². The summed E-state index contributed by atoms with van der Waals surface area (Å²) in [7, 11) is 1.62. The predicted molar refractivity (Wildman–Crippen MR) is 111 cm³/mol. The van der Waals surface area contributed by atoms with Gasteiger partial charge in [-0.05, 0) is 69.5 Å². The number of hydrogen-bond donors (Lipinski definition) is 3.